The van der Waals surface area contributed by atoms with Crippen molar-refractivity contribution in [1.82, 2.24) is 15.5 Å². The molecule has 0 bridgehead atoms. The van der Waals surface area contributed by atoms with Crippen molar-refractivity contribution in [3.8, 4) is 0 Å². The molecule has 1 aromatic rings. The SMILES string of the molecule is C1CCCN(c2noc(CC3CNC3)n2)CC1. The Morgan fingerprint density at radius 2 is 1.94 bits per heavy atom. The normalized spacial score (nSPS) is 22.2. The van der Waals surface area contributed by atoms with Crippen molar-refractivity contribution in [3.05, 3.63) is 5.89 Å². The molecule has 0 spiro atoms. The van der Waals surface area contributed by atoms with Crippen molar-refractivity contribution in [3.63, 3.8) is 0 Å². The molecule has 5 nitrogen and oxygen atoms in total. The maximum atomic E-state index is 5.33. The molecule has 0 radical (unpaired) electrons. The second kappa shape index (κ2) is 5.04. The minimum Gasteiger partial charge on any atom is -0.338 e. The van der Waals surface area contributed by atoms with Crippen LogP contribution in [0.1, 0.15) is 31.6 Å². The van der Waals surface area contributed by atoms with Gasteiger partial charge in [-0.1, -0.05) is 12.8 Å². The first-order chi connectivity index (χ1) is 8.42. The summed E-state index contributed by atoms with van der Waals surface area (Å²) in [5.41, 5.74) is 0. The average molecular weight is 236 g/mol. The highest BCUT2D eigenvalue weighted by molar-refractivity contribution is 5.27. The van der Waals surface area contributed by atoms with Gasteiger partial charge in [0.25, 0.3) is 5.95 Å². The van der Waals surface area contributed by atoms with Crippen molar-refractivity contribution < 1.29 is 4.52 Å². The third-order valence-electron chi connectivity index (χ3n) is 3.68. The van der Waals surface area contributed by atoms with Gasteiger partial charge in [0.1, 0.15) is 0 Å². The summed E-state index contributed by atoms with van der Waals surface area (Å²) in [6, 6.07) is 0. The molecule has 0 amide bonds. The van der Waals surface area contributed by atoms with Gasteiger partial charge in [0.05, 0.1) is 0 Å². The Labute approximate surface area is 102 Å². The Hall–Kier alpha value is -1.10. The summed E-state index contributed by atoms with van der Waals surface area (Å²) in [5.74, 6) is 2.29. The molecule has 17 heavy (non-hydrogen) atoms. The van der Waals surface area contributed by atoms with Crippen LogP contribution in [-0.2, 0) is 6.42 Å². The lowest BCUT2D eigenvalue weighted by atomic mass is 10.00. The number of nitrogens with zero attached hydrogens (tertiary/aromatic N) is 3. The molecule has 0 saturated carbocycles. The van der Waals surface area contributed by atoms with Gasteiger partial charge in [-0.2, -0.15) is 4.98 Å². The predicted molar refractivity (Wildman–Crippen MR) is 65.0 cm³/mol. The zero-order valence-corrected chi connectivity index (χ0v) is 10.2. The summed E-state index contributed by atoms with van der Waals surface area (Å²) in [6.07, 6.45) is 6.07. The van der Waals surface area contributed by atoms with Crippen LogP contribution in [-0.4, -0.2) is 36.3 Å². The van der Waals surface area contributed by atoms with E-state index in [1.807, 2.05) is 0 Å². The van der Waals surface area contributed by atoms with Crippen LogP contribution in [0.15, 0.2) is 4.52 Å². The van der Waals surface area contributed by atoms with E-state index in [0.29, 0.717) is 5.92 Å². The summed E-state index contributed by atoms with van der Waals surface area (Å²) in [6.45, 7) is 4.32. The van der Waals surface area contributed by atoms with E-state index in [-0.39, 0.29) is 0 Å². The van der Waals surface area contributed by atoms with E-state index in [2.05, 4.69) is 20.4 Å². The second-order valence-electron chi connectivity index (χ2n) is 5.12. The van der Waals surface area contributed by atoms with Crippen molar-refractivity contribution in [2.75, 3.05) is 31.1 Å². The number of hydrogen-bond donors (Lipinski definition) is 1. The number of aromatic nitrogens is 2. The molecule has 2 aliphatic heterocycles. The summed E-state index contributed by atoms with van der Waals surface area (Å²) < 4.78 is 5.33. The largest absolute Gasteiger partial charge is 0.338 e. The molecular weight excluding hydrogens is 216 g/mol. The zero-order valence-electron chi connectivity index (χ0n) is 10.2. The first-order valence-electron chi connectivity index (χ1n) is 6.70. The van der Waals surface area contributed by atoms with Gasteiger partial charge in [0.15, 0.2) is 0 Å². The van der Waals surface area contributed by atoms with Crippen molar-refractivity contribution >= 4 is 5.95 Å². The fourth-order valence-electron chi connectivity index (χ4n) is 2.47. The average Bonchev–Trinajstić information content (AvgIpc) is 2.57. The van der Waals surface area contributed by atoms with E-state index in [0.717, 1.165) is 44.4 Å². The van der Waals surface area contributed by atoms with Crippen LogP contribution in [0.4, 0.5) is 5.95 Å². The van der Waals surface area contributed by atoms with Gasteiger partial charge in [0, 0.05) is 19.5 Å². The van der Waals surface area contributed by atoms with Crippen LogP contribution >= 0.6 is 0 Å². The van der Waals surface area contributed by atoms with Gasteiger partial charge in [-0.25, -0.2) is 0 Å². The molecule has 0 aliphatic carbocycles. The van der Waals surface area contributed by atoms with Crippen LogP contribution in [0.2, 0.25) is 0 Å². The highest BCUT2D eigenvalue weighted by atomic mass is 16.5. The molecule has 0 atom stereocenters. The number of nitrogens with one attached hydrogen (secondary N) is 1. The number of hydrogen-bond acceptors (Lipinski definition) is 5. The fourth-order valence-corrected chi connectivity index (χ4v) is 2.47. The second-order valence-corrected chi connectivity index (χ2v) is 5.12. The van der Waals surface area contributed by atoms with Crippen molar-refractivity contribution in [2.45, 2.75) is 32.1 Å². The molecular formula is C12H20N4O. The molecule has 3 rings (SSSR count). The molecule has 2 aliphatic rings. The van der Waals surface area contributed by atoms with E-state index in [9.17, 15) is 0 Å². The quantitative estimate of drug-likeness (QED) is 0.855. The summed E-state index contributed by atoms with van der Waals surface area (Å²) >= 11 is 0. The number of anilines is 1. The lowest BCUT2D eigenvalue weighted by molar-refractivity contribution is 0.295. The maximum Gasteiger partial charge on any atom is 0.266 e. The lowest BCUT2D eigenvalue weighted by Crippen LogP contribution is -2.43. The van der Waals surface area contributed by atoms with Crippen LogP contribution in [0.5, 0.6) is 0 Å². The van der Waals surface area contributed by atoms with E-state index >= 15 is 0 Å². The topological polar surface area (TPSA) is 54.2 Å². The van der Waals surface area contributed by atoms with Crippen LogP contribution in [0, 0.1) is 5.92 Å². The van der Waals surface area contributed by atoms with Gasteiger partial charge < -0.3 is 14.7 Å². The Balaban J connectivity index is 1.61. The molecule has 2 saturated heterocycles. The monoisotopic (exact) mass is 236 g/mol. The van der Waals surface area contributed by atoms with Crippen molar-refractivity contribution in [1.29, 1.82) is 0 Å². The molecule has 0 unspecified atom stereocenters. The molecule has 1 N–H and O–H groups in total. The Kier molecular flexibility index (Phi) is 3.27. The molecule has 0 aromatic carbocycles. The van der Waals surface area contributed by atoms with E-state index in [1.54, 1.807) is 0 Å². The Morgan fingerprint density at radius 1 is 1.18 bits per heavy atom. The molecule has 2 fully saturated rings. The molecule has 3 heterocycles. The molecule has 1 aromatic heterocycles. The van der Waals surface area contributed by atoms with Crippen molar-refractivity contribution in [2.24, 2.45) is 5.92 Å². The lowest BCUT2D eigenvalue weighted by Gasteiger charge is -2.25. The fraction of sp³-hybridized carbons (Fsp3) is 0.833. The minimum atomic E-state index is 0.687. The first kappa shape index (κ1) is 11.0. The van der Waals surface area contributed by atoms with Gasteiger partial charge in [-0.05, 0) is 37.0 Å². The minimum absolute atomic E-state index is 0.687. The van der Waals surface area contributed by atoms with Crippen LogP contribution < -0.4 is 10.2 Å². The zero-order chi connectivity index (χ0) is 11.5. The molecule has 5 heteroatoms. The Bertz CT molecular complexity index is 353. The van der Waals surface area contributed by atoms with Crippen LogP contribution in [0.25, 0.3) is 0 Å². The van der Waals surface area contributed by atoms with E-state index in [4.69, 9.17) is 4.52 Å². The summed E-state index contributed by atoms with van der Waals surface area (Å²) in [7, 11) is 0. The summed E-state index contributed by atoms with van der Waals surface area (Å²) in [5, 5.41) is 7.37. The highest BCUT2D eigenvalue weighted by Crippen LogP contribution is 2.18. The highest BCUT2D eigenvalue weighted by Gasteiger charge is 2.22. The third kappa shape index (κ3) is 2.60. The van der Waals surface area contributed by atoms with Gasteiger partial charge in [-0.15, -0.1) is 0 Å². The summed E-state index contributed by atoms with van der Waals surface area (Å²) in [4.78, 5) is 6.78. The Morgan fingerprint density at radius 3 is 2.59 bits per heavy atom. The third-order valence-corrected chi connectivity index (χ3v) is 3.68. The number of rotatable bonds is 3. The van der Waals surface area contributed by atoms with Crippen LogP contribution in [0.3, 0.4) is 0 Å². The molecule has 94 valence electrons. The predicted octanol–water partition coefficient (Wildman–Crippen LogP) is 1.21. The smallest absolute Gasteiger partial charge is 0.266 e. The first-order valence-corrected chi connectivity index (χ1v) is 6.70. The van der Waals surface area contributed by atoms with Gasteiger partial charge in [0.2, 0.25) is 5.89 Å². The van der Waals surface area contributed by atoms with Gasteiger partial charge in [-0.3, -0.25) is 0 Å². The maximum absolute atomic E-state index is 5.33. The standard InChI is InChI=1S/C12H20N4O/c1-2-4-6-16(5-3-1)12-14-11(17-15-12)7-10-8-13-9-10/h10,13H,1-9H2. The van der Waals surface area contributed by atoms with Gasteiger partial charge >= 0.3 is 0 Å². The van der Waals surface area contributed by atoms with E-state index in [1.165, 1.54) is 25.7 Å². The van der Waals surface area contributed by atoms with E-state index < -0.39 is 0 Å².